The van der Waals surface area contributed by atoms with E-state index >= 15 is 0 Å². The average molecular weight is 379 g/mol. The zero-order valence-corrected chi connectivity index (χ0v) is 16.0. The first-order valence-corrected chi connectivity index (χ1v) is 9.84. The maximum absolute atomic E-state index is 13.7. The van der Waals surface area contributed by atoms with E-state index in [0.717, 1.165) is 51.9 Å². The Morgan fingerprint density at radius 2 is 1.85 bits per heavy atom. The zero-order chi connectivity index (χ0) is 19.1. The first-order chi connectivity index (χ1) is 13.2. The average Bonchev–Trinajstić information content (AvgIpc) is 2.70. The molecule has 0 aromatic heterocycles. The number of nitrogens with zero attached hydrogens (tertiary/aromatic N) is 2. The number of urea groups is 1. The van der Waals surface area contributed by atoms with E-state index in [-0.39, 0.29) is 18.0 Å². The summed E-state index contributed by atoms with van der Waals surface area (Å²) in [4.78, 5) is 16.5. The molecule has 1 aromatic rings. The minimum Gasteiger partial charge on any atom is -0.487 e. The van der Waals surface area contributed by atoms with E-state index in [4.69, 9.17) is 9.47 Å². The molecule has 0 aliphatic carbocycles. The summed E-state index contributed by atoms with van der Waals surface area (Å²) in [5, 5.41) is 2.88. The second-order valence-electron chi connectivity index (χ2n) is 7.23. The van der Waals surface area contributed by atoms with Crippen LogP contribution in [0.3, 0.4) is 0 Å². The zero-order valence-electron chi connectivity index (χ0n) is 16.0. The number of carbonyl (C=O) groups is 1. The van der Waals surface area contributed by atoms with Crippen molar-refractivity contribution in [1.29, 1.82) is 0 Å². The van der Waals surface area contributed by atoms with Gasteiger partial charge in [-0.25, -0.2) is 9.18 Å². The van der Waals surface area contributed by atoms with Gasteiger partial charge in [-0.05, 0) is 37.8 Å². The summed E-state index contributed by atoms with van der Waals surface area (Å²) in [6.07, 6.45) is 3.88. The third kappa shape index (κ3) is 5.56. The van der Waals surface area contributed by atoms with E-state index in [1.54, 1.807) is 25.3 Å². The molecule has 2 amide bonds. The molecular weight excluding hydrogens is 349 g/mol. The Bertz CT molecular complexity index is 600. The lowest BCUT2D eigenvalue weighted by atomic mass is 9.99. The van der Waals surface area contributed by atoms with E-state index in [2.05, 4.69) is 10.2 Å². The summed E-state index contributed by atoms with van der Waals surface area (Å²) in [5.41, 5.74) is 0. The summed E-state index contributed by atoms with van der Waals surface area (Å²) >= 11 is 0. The van der Waals surface area contributed by atoms with E-state index < -0.39 is 0 Å². The fraction of sp³-hybridized carbons (Fsp3) is 0.650. The molecule has 2 fully saturated rings. The van der Waals surface area contributed by atoms with Gasteiger partial charge in [-0.3, -0.25) is 4.90 Å². The van der Waals surface area contributed by atoms with Gasteiger partial charge in [0.05, 0.1) is 6.61 Å². The van der Waals surface area contributed by atoms with Gasteiger partial charge in [0.15, 0.2) is 11.6 Å². The largest absolute Gasteiger partial charge is 0.487 e. The molecule has 1 aromatic carbocycles. The fourth-order valence-corrected chi connectivity index (χ4v) is 3.88. The molecule has 3 rings (SSSR count). The number of para-hydroxylation sites is 1. The molecule has 2 aliphatic heterocycles. The first kappa shape index (κ1) is 19.9. The number of benzene rings is 1. The molecule has 27 heavy (non-hydrogen) atoms. The Morgan fingerprint density at radius 1 is 1.15 bits per heavy atom. The van der Waals surface area contributed by atoms with Crippen molar-refractivity contribution in [2.24, 2.45) is 0 Å². The molecule has 6 nitrogen and oxygen atoms in total. The van der Waals surface area contributed by atoms with Gasteiger partial charge in [0.25, 0.3) is 0 Å². The summed E-state index contributed by atoms with van der Waals surface area (Å²) < 4.78 is 24.5. The standard InChI is InChI=1S/C20H30FN3O3/c1-26-15-10-22-20(25)24-11-6-16(7-12-24)23-13-8-17(9-14-23)27-19-5-3-2-4-18(19)21/h2-5,16-17H,6-15H2,1H3,(H,22,25). The summed E-state index contributed by atoms with van der Waals surface area (Å²) in [5.74, 6) is 0.0554. The monoisotopic (exact) mass is 379 g/mol. The first-order valence-electron chi connectivity index (χ1n) is 9.84. The molecule has 0 atom stereocenters. The molecule has 2 aliphatic rings. The van der Waals surface area contributed by atoms with Gasteiger partial charge in [-0.15, -0.1) is 0 Å². The number of rotatable bonds is 6. The van der Waals surface area contributed by atoms with Crippen LogP contribution in [-0.4, -0.2) is 74.4 Å². The van der Waals surface area contributed by atoms with Crippen molar-refractivity contribution in [3.05, 3.63) is 30.1 Å². The molecule has 0 bridgehead atoms. The fourth-order valence-electron chi connectivity index (χ4n) is 3.88. The lowest BCUT2D eigenvalue weighted by Gasteiger charge is -2.41. The number of hydrogen-bond acceptors (Lipinski definition) is 4. The lowest BCUT2D eigenvalue weighted by molar-refractivity contribution is 0.0519. The number of hydrogen-bond donors (Lipinski definition) is 1. The number of ether oxygens (including phenoxy) is 2. The topological polar surface area (TPSA) is 54.0 Å². The predicted molar refractivity (Wildman–Crippen MR) is 101 cm³/mol. The highest BCUT2D eigenvalue weighted by atomic mass is 19.1. The van der Waals surface area contributed by atoms with Crippen molar-refractivity contribution in [3.63, 3.8) is 0 Å². The van der Waals surface area contributed by atoms with E-state index in [9.17, 15) is 9.18 Å². The van der Waals surface area contributed by atoms with Crippen LogP contribution >= 0.6 is 0 Å². The Hall–Kier alpha value is -1.86. The van der Waals surface area contributed by atoms with Gasteiger partial charge in [0.1, 0.15) is 6.10 Å². The molecule has 2 heterocycles. The van der Waals surface area contributed by atoms with Crippen LogP contribution in [0.15, 0.2) is 24.3 Å². The molecular formula is C20H30FN3O3. The Balaban J connectivity index is 1.38. The predicted octanol–water partition coefficient (Wildman–Crippen LogP) is 2.49. The maximum atomic E-state index is 13.7. The Labute approximate surface area is 160 Å². The SMILES string of the molecule is COCCNC(=O)N1CCC(N2CCC(Oc3ccccc3F)CC2)CC1. The second kappa shape index (κ2) is 9.90. The summed E-state index contributed by atoms with van der Waals surface area (Å²) in [7, 11) is 1.63. The second-order valence-corrected chi connectivity index (χ2v) is 7.23. The number of amides is 2. The van der Waals surface area contributed by atoms with Crippen LogP contribution in [-0.2, 0) is 4.74 Å². The normalized spacial score (nSPS) is 19.9. The molecule has 0 spiro atoms. The summed E-state index contributed by atoms with van der Waals surface area (Å²) in [6.45, 7) is 4.58. The van der Waals surface area contributed by atoms with E-state index in [1.165, 1.54) is 6.07 Å². The smallest absolute Gasteiger partial charge is 0.317 e. The van der Waals surface area contributed by atoms with E-state index in [1.807, 2.05) is 4.90 Å². The van der Waals surface area contributed by atoms with Crippen molar-refractivity contribution >= 4 is 6.03 Å². The highest BCUT2D eigenvalue weighted by Crippen LogP contribution is 2.25. The molecule has 0 saturated carbocycles. The van der Waals surface area contributed by atoms with Gasteiger partial charge in [-0.1, -0.05) is 12.1 Å². The third-order valence-electron chi connectivity index (χ3n) is 5.46. The van der Waals surface area contributed by atoms with Crippen LogP contribution in [0.5, 0.6) is 5.75 Å². The van der Waals surface area contributed by atoms with Crippen LogP contribution in [0.2, 0.25) is 0 Å². The molecule has 7 heteroatoms. The quantitative estimate of drug-likeness (QED) is 0.772. The number of carbonyl (C=O) groups excluding carboxylic acids is 1. The number of halogens is 1. The van der Waals surface area contributed by atoms with Gasteiger partial charge in [-0.2, -0.15) is 0 Å². The van der Waals surface area contributed by atoms with Crippen LogP contribution < -0.4 is 10.1 Å². The molecule has 1 N–H and O–H groups in total. The van der Waals surface area contributed by atoms with Gasteiger partial charge >= 0.3 is 6.03 Å². The summed E-state index contributed by atoms with van der Waals surface area (Å²) in [6, 6.07) is 7.12. The van der Waals surface area contributed by atoms with Crippen molar-refractivity contribution in [2.75, 3.05) is 46.4 Å². The number of likely N-dealkylation sites (tertiary alicyclic amines) is 2. The van der Waals surface area contributed by atoms with Crippen LogP contribution in [0, 0.1) is 5.82 Å². The van der Waals surface area contributed by atoms with Crippen LogP contribution in [0.25, 0.3) is 0 Å². The van der Waals surface area contributed by atoms with Crippen molar-refractivity contribution in [3.8, 4) is 5.75 Å². The Kier molecular flexibility index (Phi) is 7.29. The van der Waals surface area contributed by atoms with Crippen LogP contribution in [0.1, 0.15) is 25.7 Å². The highest BCUT2D eigenvalue weighted by molar-refractivity contribution is 5.74. The minimum atomic E-state index is -0.295. The van der Waals surface area contributed by atoms with Crippen molar-refractivity contribution < 1.29 is 18.7 Å². The third-order valence-corrected chi connectivity index (χ3v) is 5.46. The van der Waals surface area contributed by atoms with E-state index in [0.29, 0.717) is 24.9 Å². The molecule has 2 saturated heterocycles. The van der Waals surface area contributed by atoms with Crippen LogP contribution in [0.4, 0.5) is 9.18 Å². The van der Waals surface area contributed by atoms with Gasteiger partial charge in [0.2, 0.25) is 0 Å². The van der Waals surface area contributed by atoms with Gasteiger partial charge in [0, 0.05) is 45.9 Å². The molecule has 0 unspecified atom stereocenters. The van der Waals surface area contributed by atoms with Crippen molar-refractivity contribution in [2.45, 2.75) is 37.8 Å². The lowest BCUT2D eigenvalue weighted by Crippen LogP contribution is -2.52. The number of nitrogens with one attached hydrogen (secondary N) is 1. The minimum absolute atomic E-state index is 0.00231. The molecule has 0 radical (unpaired) electrons. The van der Waals surface area contributed by atoms with Crippen molar-refractivity contribution in [1.82, 2.24) is 15.1 Å². The highest BCUT2D eigenvalue weighted by Gasteiger charge is 2.30. The maximum Gasteiger partial charge on any atom is 0.317 e. The Morgan fingerprint density at radius 3 is 2.52 bits per heavy atom. The van der Waals surface area contributed by atoms with Gasteiger partial charge < -0.3 is 19.7 Å². The number of methoxy groups -OCH3 is 1. The number of piperidine rings is 2. The molecule has 150 valence electrons.